The third kappa shape index (κ3) is 4.16. The molecule has 0 spiro atoms. The van der Waals surface area contributed by atoms with Gasteiger partial charge >= 0.3 is 0 Å². The lowest BCUT2D eigenvalue weighted by molar-refractivity contribution is -0.125. The molecule has 0 saturated heterocycles. The van der Waals surface area contributed by atoms with E-state index in [9.17, 15) is 4.79 Å². The predicted molar refractivity (Wildman–Crippen MR) is 67.7 cm³/mol. The lowest BCUT2D eigenvalue weighted by Gasteiger charge is -2.29. The molecule has 0 aliphatic rings. The number of hydrogen-bond donors (Lipinski definition) is 2. The Hall–Kier alpha value is -0.640. The summed E-state index contributed by atoms with van der Waals surface area (Å²) in [7, 11) is 0. The van der Waals surface area contributed by atoms with Crippen LogP contribution in [0.3, 0.4) is 0 Å². The van der Waals surface area contributed by atoms with E-state index in [1.54, 1.807) is 0 Å². The van der Waals surface area contributed by atoms with Gasteiger partial charge in [-0.2, -0.15) is 0 Å². The van der Waals surface area contributed by atoms with Crippen molar-refractivity contribution in [2.45, 2.75) is 52.5 Å². The average molecular weight is 230 g/mol. The maximum atomic E-state index is 11.8. The van der Waals surface area contributed by atoms with Crippen molar-refractivity contribution < 1.29 is 4.79 Å². The summed E-state index contributed by atoms with van der Waals surface area (Å²) in [4.78, 5) is 12.1. The van der Waals surface area contributed by atoms with E-state index in [1.807, 2.05) is 20.8 Å². The number of rotatable bonds is 6. The number of nitrogens with one attached hydrogen (secondary N) is 1. The summed E-state index contributed by atoms with van der Waals surface area (Å²) in [5, 5.41) is 2.92. The SMILES string of the molecule is CCCC(C)C(=O)NC(C)(CC)C(N)=S. The molecule has 0 saturated carbocycles. The van der Waals surface area contributed by atoms with Crippen molar-refractivity contribution in [2.24, 2.45) is 11.7 Å². The Morgan fingerprint density at radius 3 is 2.40 bits per heavy atom. The van der Waals surface area contributed by atoms with E-state index < -0.39 is 5.54 Å². The molecule has 2 atom stereocenters. The summed E-state index contributed by atoms with van der Waals surface area (Å²) in [5.74, 6) is 0.0595. The summed E-state index contributed by atoms with van der Waals surface area (Å²) < 4.78 is 0. The molecule has 3 N–H and O–H groups in total. The molecule has 0 aliphatic carbocycles. The number of carbonyl (C=O) groups is 1. The molecule has 15 heavy (non-hydrogen) atoms. The quantitative estimate of drug-likeness (QED) is 0.686. The summed E-state index contributed by atoms with van der Waals surface area (Å²) in [6.07, 6.45) is 2.61. The van der Waals surface area contributed by atoms with E-state index in [0.717, 1.165) is 12.8 Å². The summed E-state index contributed by atoms with van der Waals surface area (Å²) in [6, 6.07) is 0. The zero-order valence-electron chi connectivity index (χ0n) is 10.1. The van der Waals surface area contributed by atoms with E-state index in [4.69, 9.17) is 18.0 Å². The lowest BCUT2D eigenvalue weighted by Crippen LogP contribution is -2.55. The number of nitrogens with two attached hydrogens (primary N) is 1. The van der Waals surface area contributed by atoms with Crippen LogP contribution in [0.1, 0.15) is 47.0 Å². The highest BCUT2D eigenvalue weighted by Crippen LogP contribution is 2.13. The molecule has 2 unspecified atom stereocenters. The van der Waals surface area contributed by atoms with Crippen LogP contribution in [0.5, 0.6) is 0 Å². The topological polar surface area (TPSA) is 55.1 Å². The van der Waals surface area contributed by atoms with Crippen LogP contribution in [0.4, 0.5) is 0 Å². The van der Waals surface area contributed by atoms with Crippen molar-refractivity contribution in [3.8, 4) is 0 Å². The van der Waals surface area contributed by atoms with Crippen molar-refractivity contribution in [1.29, 1.82) is 0 Å². The largest absolute Gasteiger partial charge is 0.391 e. The number of thiocarbonyl (C=S) groups is 1. The molecule has 0 bridgehead atoms. The fourth-order valence-electron chi connectivity index (χ4n) is 1.28. The highest BCUT2D eigenvalue weighted by Gasteiger charge is 2.28. The second-order valence-electron chi connectivity index (χ2n) is 4.23. The first-order chi connectivity index (χ1) is 6.87. The number of carbonyl (C=O) groups excluding carboxylic acids is 1. The third-order valence-corrected chi connectivity index (χ3v) is 3.27. The van der Waals surface area contributed by atoms with Crippen LogP contribution in [0, 0.1) is 5.92 Å². The van der Waals surface area contributed by atoms with Crippen molar-refractivity contribution >= 4 is 23.1 Å². The maximum absolute atomic E-state index is 11.8. The second-order valence-corrected chi connectivity index (χ2v) is 4.67. The molecule has 0 heterocycles. The normalized spacial score (nSPS) is 16.5. The van der Waals surface area contributed by atoms with Gasteiger partial charge in [-0.15, -0.1) is 0 Å². The monoisotopic (exact) mass is 230 g/mol. The predicted octanol–water partition coefficient (Wildman–Crippen LogP) is 1.99. The highest BCUT2D eigenvalue weighted by atomic mass is 32.1. The molecule has 0 aromatic rings. The summed E-state index contributed by atoms with van der Waals surface area (Å²) in [6.45, 7) is 7.82. The van der Waals surface area contributed by atoms with E-state index in [-0.39, 0.29) is 11.8 Å². The van der Waals surface area contributed by atoms with Crippen molar-refractivity contribution in [3.63, 3.8) is 0 Å². The zero-order chi connectivity index (χ0) is 12.1. The Morgan fingerprint density at radius 1 is 1.53 bits per heavy atom. The molecule has 0 radical (unpaired) electrons. The zero-order valence-corrected chi connectivity index (χ0v) is 10.9. The lowest BCUT2D eigenvalue weighted by atomic mass is 9.96. The molecule has 0 fully saturated rings. The van der Waals surface area contributed by atoms with Crippen molar-refractivity contribution in [2.75, 3.05) is 0 Å². The van der Waals surface area contributed by atoms with Crippen LogP contribution in [-0.4, -0.2) is 16.4 Å². The fraction of sp³-hybridized carbons (Fsp3) is 0.818. The van der Waals surface area contributed by atoms with Gasteiger partial charge in [-0.3, -0.25) is 4.79 Å². The summed E-state index contributed by atoms with van der Waals surface area (Å²) in [5.41, 5.74) is 5.07. The van der Waals surface area contributed by atoms with Gasteiger partial charge in [0.25, 0.3) is 0 Å². The van der Waals surface area contributed by atoms with Crippen LogP contribution in [0.15, 0.2) is 0 Å². The van der Waals surface area contributed by atoms with E-state index in [0.29, 0.717) is 11.4 Å². The molecule has 1 amide bonds. The van der Waals surface area contributed by atoms with Gasteiger partial charge in [0.1, 0.15) is 0 Å². The van der Waals surface area contributed by atoms with Crippen molar-refractivity contribution in [3.05, 3.63) is 0 Å². The van der Waals surface area contributed by atoms with Crippen LogP contribution in [-0.2, 0) is 4.79 Å². The number of hydrogen-bond acceptors (Lipinski definition) is 2. The minimum Gasteiger partial charge on any atom is -0.391 e. The van der Waals surface area contributed by atoms with Gasteiger partial charge in [-0.05, 0) is 19.8 Å². The summed E-state index contributed by atoms with van der Waals surface area (Å²) >= 11 is 4.96. The maximum Gasteiger partial charge on any atom is 0.223 e. The Balaban J connectivity index is 4.43. The van der Waals surface area contributed by atoms with Crippen LogP contribution in [0.2, 0.25) is 0 Å². The Labute approximate surface area is 97.8 Å². The van der Waals surface area contributed by atoms with E-state index in [2.05, 4.69) is 12.2 Å². The smallest absolute Gasteiger partial charge is 0.223 e. The highest BCUT2D eigenvalue weighted by molar-refractivity contribution is 7.80. The first-order valence-corrected chi connectivity index (χ1v) is 5.90. The molecule has 88 valence electrons. The molecule has 0 aromatic heterocycles. The Bertz CT molecular complexity index is 243. The van der Waals surface area contributed by atoms with Gasteiger partial charge in [0.2, 0.25) is 5.91 Å². The van der Waals surface area contributed by atoms with Crippen LogP contribution >= 0.6 is 12.2 Å². The standard InChI is InChI=1S/C11H22N2OS/c1-5-7-8(3)9(14)13-11(4,6-2)10(12)15/h8H,5-7H2,1-4H3,(H2,12,15)(H,13,14). The van der Waals surface area contributed by atoms with Crippen LogP contribution in [0.25, 0.3) is 0 Å². The molecule has 0 aromatic carbocycles. The van der Waals surface area contributed by atoms with Gasteiger partial charge in [0, 0.05) is 5.92 Å². The van der Waals surface area contributed by atoms with Gasteiger partial charge in [0.05, 0.1) is 10.5 Å². The Morgan fingerprint density at radius 2 is 2.07 bits per heavy atom. The second kappa shape index (κ2) is 6.05. The van der Waals surface area contributed by atoms with Gasteiger partial charge in [0.15, 0.2) is 0 Å². The average Bonchev–Trinajstić information content (AvgIpc) is 2.17. The fourth-order valence-corrected chi connectivity index (χ4v) is 1.48. The molecule has 4 heteroatoms. The van der Waals surface area contributed by atoms with Crippen LogP contribution < -0.4 is 11.1 Å². The Kier molecular flexibility index (Phi) is 5.80. The first kappa shape index (κ1) is 14.4. The van der Waals surface area contributed by atoms with E-state index >= 15 is 0 Å². The van der Waals surface area contributed by atoms with Crippen molar-refractivity contribution in [1.82, 2.24) is 5.32 Å². The van der Waals surface area contributed by atoms with Gasteiger partial charge in [-0.1, -0.05) is 39.4 Å². The van der Waals surface area contributed by atoms with E-state index in [1.165, 1.54) is 0 Å². The minimum absolute atomic E-state index is 0.0234. The first-order valence-electron chi connectivity index (χ1n) is 5.49. The number of amides is 1. The minimum atomic E-state index is -0.547. The molecule has 0 aliphatic heterocycles. The van der Waals surface area contributed by atoms with Gasteiger partial charge in [-0.25, -0.2) is 0 Å². The molecular weight excluding hydrogens is 208 g/mol. The third-order valence-electron chi connectivity index (χ3n) is 2.82. The molecular formula is C11H22N2OS. The molecule has 0 rings (SSSR count). The molecule has 3 nitrogen and oxygen atoms in total. The van der Waals surface area contributed by atoms with Gasteiger partial charge < -0.3 is 11.1 Å².